The second kappa shape index (κ2) is 8.31. The summed E-state index contributed by atoms with van der Waals surface area (Å²) in [4.78, 5) is 21.3. The highest BCUT2D eigenvalue weighted by Gasteiger charge is 2.09. The van der Waals surface area contributed by atoms with Gasteiger partial charge in [0.1, 0.15) is 5.82 Å². The molecule has 0 fully saturated rings. The Kier molecular flexibility index (Phi) is 5.24. The average Bonchev–Trinajstić information content (AvgIpc) is 2.75. The van der Waals surface area contributed by atoms with E-state index in [1.54, 1.807) is 18.5 Å². The van der Waals surface area contributed by atoms with Crippen molar-refractivity contribution < 1.29 is 4.79 Å². The van der Waals surface area contributed by atoms with Crippen molar-refractivity contribution in [2.45, 2.75) is 6.42 Å². The normalized spacial score (nSPS) is 10.6. The molecule has 4 rings (SSSR count). The van der Waals surface area contributed by atoms with Crippen molar-refractivity contribution in [1.82, 2.24) is 9.97 Å². The van der Waals surface area contributed by atoms with Gasteiger partial charge in [0.2, 0.25) is 0 Å². The zero-order valence-corrected chi connectivity index (χ0v) is 15.3. The molecule has 28 heavy (non-hydrogen) atoms. The lowest BCUT2D eigenvalue weighted by Gasteiger charge is -2.09. The van der Waals surface area contributed by atoms with E-state index in [9.17, 15) is 4.79 Å². The summed E-state index contributed by atoms with van der Waals surface area (Å²) in [5.41, 5.74) is 3.23. The van der Waals surface area contributed by atoms with Crippen LogP contribution >= 0.6 is 0 Å². The van der Waals surface area contributed by atoms with Crippen molar-refractivity contribution in [3.05, 3.63) is 96.3 Å². The summed E-state index contributed by atoms with van der Waals surface area (Å²) in [6, 6.07) is 23.4. The summed E-state index contributed by atoms with van der Waals surface area (Å²) >= 11 is 0. The molecule has 2 heterocycles. The number of benzene rings is 2. The van der Waals surface area contributed by atoms with Crippen LogP contribution in [-0.4, -0.2) is 22.4 Å². The van der Waals surface area contributed by atoms with Crippen molar-refractivity contribution in [3.63, 3.8) is 0 Å². The van der Waals surface area contributed by atoms with Crippen LogP contribution in [0.4, 0.5) is 11.5 Å². The quantitative estimate of drug-likeness (QED) is 0.524. The molecule has 0 atom stereocenters. The van der Waals surface area contributed by atoms with E-state index in [2.05, 4.69) is 32.7 Å². The number of carbonyl (C=O) groups is 1. The third-order valence-corrected chi connectivity index (χ3v) is 4.47. The monoisotopic (exact) mass is 368 g/mol. The van der Waals surface area contributed by atoms with Gasteiger partial charge in [-0.3, -0.25) is 9.78 Å². The molecule has 2 aromatic carbocycles. The van der Waals surface area contributed by atoms with E-state index in [0.29, 0.717) is 11.3 Å². The first-order valence-corrected chi connectivity index (χ1v) is 9.18. The van der Waals surface area contributed by atoms with E-state index in [-0.39, 0.29) is 5.91 Å². The molecular weight excluding hydrogens is 348 g/mol. The number of hydrogen-bond acceptors (Lipinski definition) is 4. The van der Waals surface area contributed by atoms with Gasteiger partial charge < -0.3 is 10.6 Å². The van der Waals surface area contributed by atoms with E-state index >= 15 is 0 Å². The highest BCUT2D eigenvalue weighted by molar-refractivity contribution is 6.08. The van der Waals surface area contributed by atoms with Gasteiger partial charge in [0.25, 0.3) is 5.91 Å². The number of nitrogens with one attached hydrogen (secondary N) is 2. The van der Waals surface area contributed by atoms with E-state index < -0.39 is 0 Å². The van der Waals surface area contributed by atoms with Gasteiger partial charge in [-0.25, -0.2) is 4.98 Å². The number of rotatable bonds is 6. The Labute approximate surface area is 163 Å². The number of para-hydroxylation sites is 1. The maximum Gasteiger partial charge on any atom is 0.257 e. The van der Waals surface area contributed by atoms with Gasteiger partial charge in [0.15, 0.2) is 0 Å². The number of nitrogens with zero attached hydrogens (tertiary/aromatic N) is 2. The molecule has 0 bridgehead atoms. The number of pyridine rings is 2. The number of amides is 1. The lowest BCUT2D eigenvalue weighted by Crippen LogP contribution is -2.13. The molecule has 4 aromatic rings. The van der Waals surface area contributed by atoms with Gasteiger partial charge in [0, 0.05) is 24.3 Å². The van der Waals surface area contributed by atoms with Crippen molar-refractivity contribution in [1.29, 1.82) is 0 Å². The van der Waals surface area contributed by atoms with E-state index in [1.165, 1.54) is 5.56 Å². The smallest absolute Gasteiger partial charge is 0.257 e. The predicted octanol–water partition coefficient (Wildman–Crippen LogP) is 4.54. The van der Waals surface area contributed by atoms with Crippen molar-refractivity contribution in [2.75, 3.05) is 17.2 Å². The fourth-order valence-electron chi connectivity index (χ4n) is 3.01. The first-order chi connectivity index (χ1) is 13.8. The highest BCUT2D eigenvalue weighted by Crippen LogP contribution is 2.21. The average molecular weight is 368 g/mol. The van der Waals surface area contributed by atoms with E-state index in [0.717, 1.165) is 29.7 Å². The fourth-order valence-corrected chi connectivity index (χ4v) is 3.01. The lowest BCUT2D eigenvalue weighted by molar-refractivity contribution is 0.102. The molecule has 5 nitrogen and oxygen atoms in total. The van der Waals surface area contributed by atoms with Crippen LogP contribution in [0.1, 0.15) is 15.9 Å². The third-order valence-electron chi connectivity index (χ3n) is 4.47. The molecule has 5 heteroatoms. The Hall–Kier alpha value is -3.73. The van der Waals surface area contributed by atoms with Crippen molar-refractivity contribution >= 4 is 28.3 Å². The predicted molar refractivity (Wildman–Crippen MR) is 113 cm³/mol. The van der Waals surface area contributed by atoms with Crippen molar-refractivity contribution in [2.24, 2.45) is 0 Å². The number of carbonyl (C=O) groups excluding carboxylic acids is 1. The standard InChI is InChI=1S/C23H20N4O/c28-23(27-20-10-4-8-18-9-5-14-25-22(18)20)19-11-12-21(26-16-19)24-15-13-17-6-2-1-3-7-17/h1-12,14,16H,13,15H2,(H,24,26)(H,27,28). The second-order valence-electron chi connectivity index (χ2n) is 6.43. The molecule has 0 aliphatic heterocycles. The minimum atomic E-state index is -0.207. The number of anilines is 2. The van der Waals surface area contributed by atoms with Gasteiger partial charge in [-0.1, -0.05) is 48.5 Å². The first kappa shape index (κ1) is 17.7. The number of hydrogen-bond donors (Lipinski definition) is 2. The van der Waals surface area contributed by atoms with Gasteiger partial charge in [-0.2, -0.15) is 0 Å². The van der Waals surface area contributed by atoms with E-state index in [1.807, 2.05) is 54.6 Å². The maximum atomic E-state index is 12.6. The fraction of sp³-hybridized carbons (Fsp3) is 0.0870. The van der Waals surface area contributed by atoms with Gasteiger partial charge in [0.05, 0.1) is 16.8 Å². The van der Waals surface area contributed by atoms with Gasteiger partial charge in [-0.15, -0.1) is 0 Å². The summed E-state index contributed by atoms with van der Waals surface area (Å²) < 4.78 is 0. The Morgan fingerprint density at radius 2 is 1.71 bits per heavy atom. The summed E-state index contributed by atoms with van der Waals surface area (Å²) in [6.07, 6.45) is 4.22. The Balaban J connectivity index is 1.38. The van der Waals surface area contributed by atoms with Crippen LogP contribution in [0.25, 0.3) is 10.9 Å². The molecule has 0 saturated heterocycles. The van der Waals surface area contributed by atoms with Crippen LogP contribution in [0.2, 0.25) is 0 Å². The maximum absolute atomic E-state index is 12.6. The van der Waals surface area contributed by atoms with Crippen LogP contribution in [0.5, 0.6) is 0 Å². The molecule has 1 amide bonds. The van der Waals surface area contributed by atoms with Gasteiger partial charge in [-0.05, 0) is 36.2 Å². The summed E-state index contributed by atoms with van der Waals surface area (Å²) in [5, 5.41) is 7.19. The molecule has 0 aliphatic rings. The Bertz CT molecular complexity index is 1070. The van der Waals surface area contributed by atoms with Crippen LogP contribution in [-0.2, 0) is 6.42 Å². The highest BCUT2D eigenvalue weighted by atomic mass is 16.1. The van der Waals surface area contributed by atoms with E-state index in [4.69, 9.17) is 0 Å². The van der Waals surface area contributed by atoms with Crippen LogP contribution < -0.4 is 10.6 Å². The minimum absolute atomic E-state index is 0.207. The molecule has 0 saturated carbocycles. The Morgan fingerprint density at radius 3 is 2.54 bits per heavy atom. The molecule has 0 spiro atoms. The summed E-state index contributed by atoms with van der Waals surface area (Å²) in [7, 11) is 0. The molecule has 2 N–H and O–H groups in total. The Morgan fingerprint density at radius 1 is 0.857 bits per heavy atom. The minimum Gasteiger partial charge on any atom is -0.370 e. The lowest BCUT2D eigenvalue weighted by atomic mass is 10.1. The molecule has 138 valence electrons. The zero-order valence-electron chi connectivity index (χ0n) is 15.3. The van der Waals surface area contributed by atoms with Crippen LogP contribution in [0, 0.1) is 0 Å². The number of aromatic nitrogens is 2. The largest absolute Gasteiger partial charge is 0.370 e. The molecule has 0 radical (unpaired) electrons. The second-order valence-corrected chi connectivity index (χ2v) is 6.43. The molecule has 2 aromatic heterocycles. The van der Waals surface area contributed by atoms with Gasteiger partial charge >= 0.3 is 0 Å². The third kappa shape index (κ3) is 4.15. The topological polar surface area (TPSA) is 66.9 Å². The SMILES string of the molecule is O=C(Nc1cccc2cccnc12)c1ccc(NCCc2ccccc2)nc1. The van der Waals surface area contributed by atoms with Crippen LogP contribution in [0.15, 0.2) is 85.2 Å². The molecule has 0 aliphatic carbocycles. The van der Waals surface area contributed by atoms with Crippen molar-refractivity contribution in [3.8, 4) is 0 Å². The zero-order chi connectivity index (χ0) is 19.2. The first-order valence-electron chi connectivity index (χ1n) is 9.18. The summed E-state index contributed by atoms with van der Waals surface area (Å²) in [6.45, 7) is 0.782. The molecular formula is C23H20N4O. The molecule has 0 unspecified atom stereocenters. The van der Waals surface area contributed by atoms with Crippen LogP contribution in [0.3, 0.4) is 0 Å². The summed E-state index contributed by atoms with van der Waals surface area (Å²) in [5.74, 6) is 0.542. The number of fused-ring (bicyclic) bond motifs is 1.